The first-order chi connectivity index (χ1) is 9.60. The van der Waals surface area contributed by atoms with Crippen LogP contribution in [-0.2, 0) is 20.8 Å². The van der Waals surface area contributed by atoms with Crippen molar-refractivity contribution in [3.8, 4) is 0 Å². The molecule has 0 heterocycles. The van der Waals surface area contributed by atoms with Crippen LogP contribution in [0, 0.1) is 0 Å². The lowest BCUT2D eigenvalue weighted by atomic mass is 10.1. The minimum atomic E-state index is -0.361. The van der Waals surface area contributed by atoms with Gasteiger partial charge in [-0.05, 0) is 31.2 Å². The van der Waals surface area contributed by atoms with Gasteiger partial charge in [0.05, 0.1) is 25.8 Å². The molecule has 0 saturated carbocycles. The fourth-order valence-corrected chi connectivity index (χ4v) is 1.84. The Morgan fingerprint density at radius 1 is 1.25 bits per heavy atom. The molecule has 0 fully saturated rings. The van der Waals surface area contributed by atoms with Gasteiger partial charge >= 0.3 is 11.9 Å². The number of nitrogens with zero attached hydrogens (tertiary/aromatic N) is 1. The first-order valence-electron chi connectivity index (χ1n) is 6.65. The fourth-order valence-electron chi connectivity index (χ4n) is 1.84. The van der Waals surface area contributed by atoms with Crippen molar-refractivity contribution in [2.45, 2.75) is 20.4 Å². The zero-order chi connectivity index (χ0) is 15.0. The van der Waals surface area contributed by atoms with Gasteiger partial charge in [-0.1, -0.05) is 19.1 Å². The third kappa shape index (κ3) is 5.01. The van der Waals surface area contributed by atoms with Gasteiger partial charge in [0.15, 0.2) is 0 Å². The predicted octanol–water partition coefficient (Wildman–Crippen LogP) is 1.86. The zero-order valence-electron chi connectivity index (χ0n) is 12.2. The van der Waals surface area contributed by atoms with Gasteiger partial charge < -0.3 is 9.47 Å². The molecule has 0 N–H and O–H groups in total. The lowest BCUT2D eigenvalue weighted by Gasteiger charge is -2.19. The number of likely N-dealkylation sites (N-methyl/N-ethyl adjacent to an activating group) is 1. The average Bonchev–Trinajstić information content (AvgIpc) is 2.46. The Morgan fingerprint density at radius 3 is 2.60 bits per heavy atom. The fraction of sp³-hybridized carbons (Fsp3) is 0.467. The second-order valence-corrected chi connectivity index (χ2v) is 4.30. The normalized spacial score (nSPS) is 10.4. The Balaban J connectivity index is 2.70. The Hall–Kier alpha value is -1.88. The van der Waals surface area contributed by atoms with E-state index in [1.54, 1.807) is 25.1 Å². The van der Waals surface area contributed by atoms with Crippen LogP contribution in [0.15, 0.2) is 24.3 Å². The first-order valence-corrected chi connectivity index (χ1v) is 6.65. The van der Waals surface area contributed by atoms with E-state index in [0.29, 0.717) is 18.7 Å². The molecule has 0 unspecified atom stereocenters. The van der Waals surface area contributed by atoms with E-state index in [-0.39, 0.29) is 18.5 Å². The Kier molecular flexibility index (Phi) is 6.73. The molecule has 0 radical (unpaired) electrons. The summed E-state index contributed by atoms with van der Waals surface area (Å²) in [7, 11) is 1.36. The summed E-state index contributed by atoms with van der Waals surface area (Å²) in [4.78, 5) is 24.9. The van der Waals surface area contributed by atoms with Gasteiger partial charge in [0.2, 0.25) is 0 Å². The highest BCUT2D eigenvalue weighted by Gasteiger charge is 2.12. The molecular weight excluding hydrogens is 258 g/mol. The van der Waals surface area contributed by atoms with E-state index in [4.69, 9.17) is 9.47 Å². The van der Waals surface area contributed by atoms with Crippen molar-refractivity contribution in [2.24, 2.45) is 0 Å². The summed E-state index contributed by atoms with van der Waals surface area (Å²) in [6, 6.07) is 7.21. The van der Waals surface area contributed by atoms with Crippen molar-refractivity contribution in [3.63, 3.8) is 0 Å². The molecule has 0 amide bonds. The van der Waals surface area contributed by atoms with E-state index < -0.39 is 0 Å². The topological polar surface area (TPSA) is 55.8 Å². The van der Waals surface area contributed by atoms with Gasteiger partial charge in [-0.3, -0.25) is 9.69 Å². The molecule has 110 valence electrons. The van der Waals surface area contributed by atoms with Crippen molar-refractivity contribution < 1.29 is 19.1 Å². The summed E-state index contributed by atoms with van der Waals surface area (Å²) in [5.41, 5.74) is 1.47. The molecular formula is C15H21NO4. The second kappa shape index (κ2) is 8.32. The SMILES string of the molecule is CCOC(=O)CN(CC)Cc1cccc(C(=O)OC)c1. The summed E-state index contributed by atoms with van der Waals surface area (Å²) in [6.07, 6.45) is 0. The van der Waals surface area contributed by atoms with E-state index in [2.05, 4.69) is 0 Å². The molecule has 20 heavy (non-hydrogen) atoms. The van der Waals surface area contributed by atoms with Crippen molar-refractivity contribution in [1.29, 1.82) is 0 Å². The Labute approximate surface area is 119 Å². The maximum atomic E-state index is 11.5. The number of rotatable bonds is 7. The van der Waals surface area contributed by atoms with Crippen LogP contribution in [0.4, 0.5) is 0 Å². The first kappa shape index (κ1) is 16.2. The molecule has 5 heteroatoms. The van der Waals surface area contributed by atoms with Gasteiger partial charge in [0.1, 0.15) is 0 Å². The Morgan fingerprint density at radius 2 is 2.00 bits per heavy atom. The summed E-state index contributed by atoms with van der Waals surface area (Å²) in [6.45, 7) is 5.69. The van der Waals surface area contributed by atoms with Crippen LogP contribution < -0.4 is 0 Å². The standard InChI is InChI=1S/C15H21NO4/c1-4-16(11-14(17)20-5-2)10-12-7-6-8-13(9-12)15(18)19-3/h6-9H,4-5,10-11H2,1-3H3. The largest absolute Gasteiger partial charge is 0.465 e. The van der Waals surface area contributed by atoms with Crippen LogP contribution >= 0.6 is 0 Å². The molecule has 0 aliphatic heterocycles. The van der Waals surface area contributed by atoms with Gasteiger partial charge in [0, 0.05) is 6.54 Å². The van der Waals surface area contributed by atoms with Crippen LogP contribution in [0.2, 0.25) is 0 Å². The number of ether oxygens (including phenoxy) is 2. The lowest BCUT2D eigenvalue weighted by molar-refractivity contribution is -0.144. The van der Waals surface area contributed by atoms with E-state index in [0.717, 1.165) is 12.1 Å². The number of methoxy groups -OCH3 is 1. The Bertz CT molecular complexity index is 459. The molecule has 0 aromatic heterocycles. The molecule has 0 atom stereocenters. The van der Waals surface area contributed by atoms with Crippen LogP contribution in [0.1, 0.15) is 29.8 Å². The van der Waals surface area contributed by atoms with E-state index in [9.17, 15) is 9.59 Å². The highest BCUT2D eigenvalue weighted by molar-refractivity contribution is 5.89. The highest BCUT2D eigenvalue weighted by atomic mass is 16.5. The summed E-state index contributed by atoms with van der Waals surface area (Å²) >= 11 is 0. The number of benzene rings is 1. The smallest absolute Gasteiger partial charge is 0.337 e. The van der Waals surface area contributed by atoms with E-state index in [1.165, 1.54) is 7.11 Å². The number of carbonyl (C=O) groups excluding carboxylic acids is 2. The molecule has 1 aromatic rings. The number of esters is 2. The molecule has 5 nitrogen and oxygen atoms in total. The monoisotopic (exact) mass is 279 g/mol. The highest BCUT2D eigenvalue weighted by Crippen LogP contribution is 2.09. The molecule has 0 saturated heterocycles. The quantitative estimate of drug-likeness (QED) is 0.713. The number of carbonyl (C=O) groups is 2. The van der Waals surface area contributed by atoms with Crippen molar-refractivity contribution in [2.75, 3.05) is 26.8 Å². The third-order valence-corrected chi connectivity index (χ3v) is 2.86. The predicted molar refractivity (Wildman–Crippen MR) is 75.4 cm³/mol. The molecule has 1 rings (SSSR count). The molecule has 0 aliphatic rings. The van der Waals surface area contributed by atoms with Crippen molar-refractivity contribution in [1.82, 2.24) is 4.90 Å². The molecule has 1 aromatic carbocycles. The number of hydrogen-bond donors (Lipinski definition) is 0. The summed E-state index contributed by atoms with van der Waals surface area (Å²) in [5.74, 6) is -0.598. The molecule has 0 aliphatic carbocycles. The van der Waals surface area contributed by atoms with Crippen LogP contribution in [-0.4, -0.2) is 43.6 Å². The van der Waals surface area contributed by atoms with Crippen molar-refractivity contribution >= 4 is 11.9 Å². The van der Waals surface area contributed by atoms with E-state index in [1.807, 2.05) is 17.9 Å². The minimum absolute atomic E-state index is 0.238. The van der Waals surface area contributed by atoms with Gasteiger partial charge in [-0.15, -0.1) is 0 Å². The second-order valence-electron chi connectivity index (χ2n) is 4.30. The van der Waals surface area contributed by atoms with Crippen molar-refractivity contribution in [3.05, 3.63) is 35.4 Å². The summed E-state index contributed by atoms with van der Waals surface area (Å²) in [5, 5.41) is 0. The lowest BCUT2D eigenvalue weighted by Crippen LogP contribution is -2.30. The third-order valence-electron chi connectivity index (χ3n) is 2.86. The zero-order valence-corrected chi connectivity index (χ0v) is 12.2. The maximum absolute atomic E-state index is 11.5. The average molecular weight is 279 g/mol. The van der Waals surface area contributed by atoms with Gasteiger partial charge in [0.25, 0.3) is 0 Å². The molecule has 0 spiro atoms. The van der Waals surface area contributed by atoms with Gasteiger partial charge in [-0.25, -0.2) is 4.79 Å². The van der Waals surface area contributed by atoms with E-state index >= 15 is 0 Å². The van der Waals surface area contributed by atoms with Gasteiger partial charge in [-0.2, -0.15) is 0 Å². The number of hydrogen-bond acceptors (Lipinski definition) is 5. The van der Waals surface area contributed by atoms with Crippen LogP contribution in [0.3, 0.4) is 0 Å². The molecule has 0 bridgehead atoms. The summed E-state index contributed by atoms with van der Waals surface area (Å²) < 4.78 is 9.63. The minimum Gasteiger partial charge on any atom is -0.465 e. The maximum Gasteiger partial charge on any atom is 0.337 e. The van der Waals surface area contributed by atoms with Crippen LogP contribution in [0.25, 0.3) is 0 Å². The van der Waals surface area contributed by atoms with Crippen LogP contribution in [0.5, 0.6) is 0 Å².